The van der Waals surface area contributed by atoms with Gasteiger partial charge in [-0.05, 0) is 37.8 Å². The first-order chi connectivity index (χ1) is 6.74. The third-order valence-corrected chi connectivity index (χ3v) is 2.26. The Kier molecular flexibility index (Phi) is 4.47. The Morgan fingerprint density at radius 1 is 1.36 bits per heavy atom. The first-order valence-electron chi connectivity index (χ1n) is 5.04. The van der Waals surface area contributed by atoms with Crippen molar-refractivity contribution in [3.63, 3.8) is 0 Å². The van der Waals surface area contributed by atoms with E-state index in [1.165, 1.54) is 5.56 Å². The van der Waals surface area contributed by atoms with Crippen molar-refractivity contribution in [2.45, 2.75) is 32.3 Å². The van der Waals surface area contributed by atoms with E-state index in [4.69, 9.17) is 9.84 Å². The molecule has 0 saturated carbocycles. The summed E-state index contributed by atoms with van der Waals surface area (Å²) in [6, 6.07) is 8.02. The second kappa shape index (κ2) is 5.66. The predicted octanol–water partition coefficient (Wildman–Crippen LogP) is 2.40. The summed E-state index contributed by atoms with van der Waals surface area (Å²) in [6.45, 7) is 1.82. The molecule has 78 valence electrons. The number of hydrogen-bond donors (Lipinski definition) is 1. The van der Waals surface area contributed by atoms with Crippen molar-refractivity contribution in [2.24, 2.45) is 0 Å². The minimum Gasteiger partial charge on any atom is -0.496 e. The summed E-state index contributed by atoms with van der Waals surface area (Å²) < 4.78 is 5.24. The number of hydrogen-bond acceptors (Lipinski definition) is 2. The fourth-order valence-electron chi connectivity index (χ4n) is 1.50. The van der Waals surface area contributed by atoms with Crippen molar-refractivity contribution in [3.8, 4) is 5.75 Å². The molecular weight excluding hydrogens is 176 g/mol. The highest BCUT2D eigenvalue weighted by Crippen LogP contribution is 2.19. The SMILES string of the molecule is COc1ccccc1CCCC(C)O. The van der Waals surface area contributed by atoms with Crippen LogP contribution in [-0.2, 0) is 6.42 Å². The summed E-state index contributed by atoms with van der Waals surface area (Å²) in [5.41, 5.74) is 1.22. The molecule has 1 unspecified atom stereocenters. The molecule has 1 aromatic rings. The Hall–Kier alpha value is -1.02. The van der Waals surface area contributed by atoms with Crippen molar-refractivity contribution in [2.75, 3.05) is 7.11 Å². The summed E-state index contributed by atoms with van der Waals surface area (Å²) in [4.78, 5) is 0. The van der Waals surface area contributed by atoms with Gasteiger partial charge in [-0.15, -0.1) is 0 Å². The van der Waals surface area contributed by atoms with Crippen LogP contribution in [0.25, 0.3) is 0 Å². The lowest BCUT2D eigenvalue weighted by Crippen LogP contribution is -2.00. The molecule has 1 rings (SSSR count). The molecule has 0 aliphatic heterocycles. The van der Waals surface area contributed by atoms with E-state index in [2.05, 4.69) is 6.07 Å². The third kappa shape index (κ3) is 3.38. The van der Waals surface area contributed by atoms with Gasteiger partial charge in [-0.2, -0.15) is 0 Å². The van der Waals surface area contributed by atoms with Gasteiger partial charge in [0, 0.05) is 0 Å². The number of benzene rings is 1. The lowest BCUT2D eigenvalue weighted by molar-refractivity contribution is 0.181. The lowest BCUT2D eigenvalue weighted by Gasteiger charge is -2.08. The minimum absolute atomic E-state index is 0.204. The fraction of sp³-hybridized carbons (Fsp3) is 0.500. The van der Waals surface area contributed by atoms with E-state index in [1.807, 2.05) is 25.1 Å². The largest absolute Gasteiger partial charge is 0.496 e. The van der Waals surface area contributed by atoms with Gasteiger partial charge in [0.1, 0.15) is 5.75 Å². The second-order valence-electron chi connectivity index (χ2n) is 3.55. The minimum atomic E-state index is -0.204. The normalized spacial score (nSPS) is 12.5. The number of aliphatic hydroxyl groups is 1. The van der Waals surface area contributed by atoms with Crippen molar-refractivity contribution in [1.29, 1.82) is 0 Å². The zero-order chi connectivity index (χ0) is 10.4. The number of ether oxygens (including phenoxy) is 1. The van der Waals surface area contributed by atoms with E-state index >= 15 is 0 Å². The molecule has 1 aromatic carbocycles. The monoisotopic (exact) mass is 194 g/mol. The molecule has 0 spiro atoms. The van der Waals surface area contributed by atoms with E-state index in [1.54, 1.807) is 7.11 Å². The van der Waals surface area contributed by atoms with E-state index in [9.17, 15) is 0 Å². The zero-order valence-electron chi connectivity index (χ0n) is 8.86. The number of aryl methyl sites for hydroxylation is 1. The van der Waals surface area contributed by atoms with E-state index < -0.39 is 0 Å². The van der Waals surface area contributed by atoms with Gasteiger partial charge >= 0.3 is 0 Å². The molecule has 0 bridgehead atoms. The van der Waals surface area contributed by atoms with Gasteiger partial charge in [-0.25, -0.2) is 0 Å². The van der Waals surface area contributed by atoms with Gasteiger partial charge in [-0.3, -0.25) is 0 Å². The lowest BCUT2D eigenvalue weighted by atomic mass is 10.1. The Morgan fingerprint density at radius 2 is 2.07 bits per heavy atom. The van der Waals surface area contributed by atoms with Crippen molar-refractivity contribution in [1.82, 2.24) is 0 Å². The Bertz CT molecular complexity index is 269. The smallest absolute Gasteiger partial charge is 0.122 e. The average Bonchev–Trinajstić information content (AvgIpc) is 2.18. The van der Waals surface area contributed by atoms with Crippen molar-refractivity contribution < 1.29 is 9.84 Å². The highest BCUT2D eigenvalue weighted by molar-refractivity contribution is 5.33. The maximum absolute atomic E-state index is 9.13. The maximum atomic E-state index is 9.13. The van der Waals surface area contributed by atoms with Crippen LogP contribution in [0.1, 0.15) is 25.3 Å². The van der Waals surface area contributed by atoms with Crippen LogP contribution in [-0.4, -0.2) is 18.3 Å². The highest BCUT2D eigenvalue weighted by Gasteiger charge is 2.02. The molecule has 0 fully saturated rings. The molecule has 0 amide bonds. The molecule has 0 radical (unpaired) electrons. The summed E-state index contributed by atoms with van der Waals surface area (Å²) in [5, 5.41) is 9.13. The zero-order valence-corrected chi connectivity index (χ0v) is 8.86. The molecule has 0 aromatic heterocycles. The van der Waals surface area contributed by atoms with Crippen LogP contribution in [0, 0.1) is 0 Å². The summed E-state index contributed by atoms with van der Waals surface area (Å²) in [5.74, 6) is 0.943. The van der Waals surface area contributed by atoms with E-state index in [0.29, 0.717) is 0 Å². The van der Waals surface area contributed by atoms with Crippen LogP contribution in [0.15, 0.2) is 24.3 Å². The summed E-state index contributed by atoms with van der Waals surface area (Å²) in [6.07, 6.45) is 2.61. The molecule has 2 heteroatoms. The van der Waals surface area contributed by atoms with Crippen LogP contribution < -0.4 is 4.74 Å². The molecule has 0 saturated heterocycles. The first kappa shape index (κ1) is 11.1. The highest BCUT2D eigenvalue weighted by atomic mass is 16.5. The van der Waals surface area contributed by atoms with Crippen LogP contribution in [0.4, 0.5) is 0 Å². The molecule has 2 nitrogen and oxygen atoms in total. The number of aliphatic hydroxyl groups excluding tert-OH is 1. The van der Waals surface area contributed by atoms with Crippen molar-refractivity contribution in [3.05, 3.63) is 29.8 Å². The van der Waals surface area contributed by atoms with Gasteiger partial charge in [-0.1, -0.05) is 18.2 Å². The van der Waals surface area contributed by atoms with Crippen LogP contribution in [0.5, 0.6) is 5.75 Å². The fourth-order valence-corrected chi connectivity index (χ4v) is 1.50. The molecule has 1 N–H and O–H groups in total. The van der Waals surface area contributed by atoms with Crippen LogP contribution in [0.3, 0.4) is 0 Å². The molecule has 0 aliphatic carbocycles. The van der Waals surface area contributed by atoms with E-state index in [-0.39, 0.29) is 6.10 Å². The number of methoxy groups -OCH3 is 1. The van der Waals surface area contributed by atoms with Gasteiger partial charge in [0.2, 0.25) is 0 Å². The van der Waals surface area contributed by atoms with E-state index in [0.717, 1.165) is 25.0 Å². The molecular formula is C12H18O2. The Labute approximate surface area is 85.5 Å². The van der Waals surface area contributed by atoms with Gasteiger partial charge in [0.25, 0.3) is 0 Å². The first-order valence-corrected chi connectivity index (χ1v) is 5.04. The van der Waals surface area contributed by atoms with Gasteiger partial charge in [0.15, 0.2) is 0 Å². The predicted molar refractivity (Wildman–Crippen MR) is 57.6 cm³/mol. The van der Waals surface area contributed by atoms with Crippen LogP contribution in [0.2, 0.25) is 0 Å². The number of rotatable bonds is 5. The maximum Gasteiger partial charge on any atom is 0.122 e. The van der Waals surface area contributed by atoms with Crippen LogP contribution >= 0.6 is 0 Å². The van der Waals surface area contributed by atoms with Gasteiger partial charge in [0.05, 0.1) is 13.2 Å². The molecule has 14 heavy (non-hydrogen) atoms. The van der Waals surface area contributed by atoms with Crippen molar-refractivity contribution >= 4 is 0 Å². The summed E-state index contributed by atoms with van der Waals surface area (Å²) >= 11 is 0. The van der Waals surface area contributed by atoms with Gasteiger partial charge < -0.3 is 9.84 Å². The number of para-hydroxylation sites is 1. The quantitative estimate of drug-likeness (QED) is 0.780. The third-order valence-electron chi connectivity index (χ3n) is 2.26. The summed E-state index contributed by atoms with van der Waals surface area (Å²) in [7, 11) is 1.69. The second-order valence-corrected chi connectivity index (χ2v) is 3.55. The molecule has 0 heterocycles. The molecule has 0 aliphatic rings. The average molecular weight is 194 g/mol. The Morgan fingerprint density at radius 3 is 2.71 bits per heavy atom. The topological polar surface area (TPSA) is 29.5 Å². The molecule has 1 atom stereocenters. The Balaban J connectivity index is 2.49. The standard InChI is InChI=1S/C12H18O2/c1-10(13)6-5-8-11-7-3-4-9-12(11)14-2/h3-4,7,9-10,13H,5-6,8H2,1-2H3.